The highest BCUT2D eigenvalue weighted by Crippen LogP contribution is 2.47. The zero-order chi connectivity index (χ0) is 37.8. The third kappa shape index (κ3) is 5.11. The van der Waals surface area contributed by atoms with Gasteiger partial charge in [-0.15, -0.1) is 0 Å². The molecule has 0 N–H and O–H groups in total. The first-order valence-corrected chi connectivity index (χ1v) is 19.7. The molecule has 57 heavy (non-hydrogen) atoms. The minimum absolute atomic E-state index is 0.553. The summed E-state index contributed by atoms with van der Waals surface area (Å²) in [6.45, 7) is 0. The number of hydrogen-bond acceptors (Lipinski definition) is 0. The van der Waals surface area contributed by atoms with Gasteiger partial charge in [-0.3, -0.25) is 0 Å². The van der Waals surface area contributed by atoms with Crippen LogP contribution in [0.3, 0.4) is 0 Å². The van der Waals surface area contributed by atoms with Crippen molar-refractivity contribution >= 4 is 43.6 Å². The van der Waals surface area contributed by atoms with Crippen LogP contribution in [0.1, 0.15) is 22.3 Å². The van der Waals surface area contributed by atoms with Gasteiger partial charge in [0, 0.05) is 32.8 Å². The molecule has 2 heterocycles. The van der Waals surface area contributed by atoms with Gasteiger partial charge in [0.05, 0.1) is 33.2 Å². The van der Waals surface area contributed by atoms with Crippen LogP contribution in [0.15, 0.2) is 231 Å². The second kappa shape index (κ2) is 13.4. The third-order valence-electron chi connectivity index (χ3n) is 11.9. The topological polar surface area (TPSA) is 9.86 Å². The monoisotopic (exact) mass is 726 g/mol. The molecule has 2 heteroatoms. The van der Waals surface area contributed by atoms with Gasteiger partial charge >= 0.3 is 0 Å². The van der Waals surface area contributed by atoms with Crippen LogP contribution in [0.25, 0.3) is 66.1 Å². The summed E-state index contributed by atoms with van der Waals surface area (Å²) >= 11 is 0. The molecule has 268 valence electrons. The van der Waals surface area contributed by atoms with E-state index in [-0.39, 0.29) is 0 Å². The Hall–Kier alpha value is -7.42. The van der Waals surface area contributed by atoms with E-state index < -0.39 is 5.41 Å². The fourth-order valence-corrected chi connectivity index (χ4v) is 9.44. The number of fused-ring (bicyclic) bond motifs is 6. The molecule has 0 aliphatic rings. The summed E-state index contributed by atoms with van der Waals surface area (Å²) in [5, 5.41) is 4.93. The first-order chi connectivity index (χ1) is 28.3. The van der Waals surface area contributed by atoms with E-state index in [1.165, 1.54) is 82.7 Å². The maximum absolute atomic E-state index is 2.48. The predicted molar refractivity (Wildman–Crippen MR) is 239 cm³/mol. The lowest BCUT2D eigenvalue weighted by atomic mass is 9.65. The summed E-state index contributed by atoms with van der Waals surface area (Å²) in [6, 6.07) is 84.3. The molecular formula is C55H38N2. The van der Waals surface area contributed by atoms with E-state index in [2.05, 4.69) is 240 Å². The molecule has 2 nitrogen and oxygen atoms in total. The van der Waals surface area contributed by atoms with Crippen molar-refractivity contribution in [2.75, 3.05) is 0 Å². The molecule has 2 aromatic heterocycles. The number of rotatable bonds is 7. The molecule has 0 aliphatic carbocycles. The Morgan fingerprint density at radius 3 is 1.39 bits per heavy atom. The lowest BCUT2D eigenvalue weighted by Crippen LogP contribution is -2.31. The van der Waals surface area contributed by atoms with Crippen molar-refractivity contribution in [3.8, 4) is 22.5 Å². The second-order valence-electron chi connectivity index (χ2n) is 14.9. The summed E-state index contributed by atoms with van der Waals surface area (Å²) in [5.74, 6) is 0. The maximum Gasteiger partial charge on any atom is 0.0702 e. The van der Waals surface area contributed by atoms with Crippen molar-refractivity contribution in [2.45, 2.75) is 5.41 Å². The largest absolute Gasteiger partial charge is 0.309 e. The van der Waals surface area contributed by atoms with E-state index in [0.717, 1.165) is 5.69 Å². The fraction of sp³-hybridized carbons (Fsp3) is 0.0182. The van der Waals surface area contributed by atoms with Crippen LogP contribution in [0.5, 0.6) is 0 Å². The molecule has 0 spiro atoms. The molecule has 0 bridgehead atoms. The van der Waals surface area contributed by atoms with Gasteiger partial charge in [0.25, 0.3) is 0 Å². The van der Waals surface area contributed by atoms with Crippen molar-refractivity contribution in [1.82, 2.24) is 9.13 Å². The van der Waals surface area contributed by atoms with E-state index in [9.17, 15) is 0 Å². The van der Waals surface area contributed by atoms with Crippen LogP contribution in [-0.2, 0) is 5.41 Å². The van der Waals surface area contributed by atoms with Gasteiger partial charge in [-0.2, -0.15) is 0 Å². The van der Waals surface area contributed by atoms with Crippen molar-refractivity contribution in [2.24, 2.45) is 0 Å². The Labute approximate surface area is 332 Å². The van der Waals surface area contributed by atoms with E-state index in [0.29, 0.717) is 0 Å². The Balaban J connectivity index is 1.19. The number of nitrogens with zero attached hydrogens (tertiary/aromatic N) is 2. The molecule has 0 saturated carbocycles. The molecule has 0 amide bonds. The van der Waals surface area contributed by atoms with Crippen LogP contribution in [0.2, 0.25) is 0 Å². The highest BCUT2D eigenvalue weighted by molar-refractivity contribution is 6.12. The minimum atomic E-state index is -0.553. The quantitative estimate of drug-likeness (QED) is 0.145. The summed E-state index contributed by atoms with van der Waals surface area (Å²) in [6.07, 6.45) is 0. The standard InChI is InChI=1S/C55H38N2/c1-5-19-39(20-6-1)45-27-13-16-30-50(45)57-52-32-18-15-29-47(52)49-38-44(34-36-53(49)57)56-51-31-17-14-28-46(51)48-35-33-43(37-54(48)56)55(40-21-7-2-8-22-40,41-23-9-3-10-24-41)42-25-11-4-12-26-42/h1-38H. The number of para-hydroxylation sites is 3. The lowest BCUT2D eigenvalue weighted by molar-refractivity contribution is 0.746. The minimum Gasteiger partial charge on any atom is -0.309 e. The summed E-state index contributed by atoms with van der Waals surface area (Å²) in [4.78, 5) is 0. The van der Waals surface area contributed by atoms with Gasteiger partial charge in [-0.1, -0.05) is 188 Å². The molecule has 11 aromatic rings. The number of hydrogen-bond donors (Lipinski definition) is 0. The molecule has 0 saturated heterocycles. The van der Waals surface area contributed by atoms with Gasteiger partial charge in [-0.05, 0) is 70.3 Å². The Morgan fingerprint density at radius 1 is 0.281 bits per heavy atom. The molecule has 11 rings (SSSR count). The van der Waals surface area contributed by atoms with Gasteiger partial charge in [0.1, 0.15) is 0 Å². The van der Waals surface area contributed by atoms with E-state index in [1.807, 2.05) is 0 Å². The van der Waals surface area contributed by atoms with E-state index >= 15 is 0 Å². The van der Waals surface area contributed by atoms with Crippen molar-refractivity contribution in [3.05, 3.63) is 253 Å². The molecule has 0 aliphatic heterocycles. The van der Waals surface area contributed by atoms with E-state index in [1.54, 1.807) is 0 Å². The average molecular weight is 727 g/mol. The second-order valence-corrected chi connectivity index (χ2v) is 14.9. The summed E-state index contributed by atoms with van der Waals surface area (Å²) in [7, 11) is 0. The predicted octanol–water partition coefficient (Wildman–Crippen LogP) is 13.9. The SMILES string of the molecule is c1ccc(-c2ccccc2-n2c3ccccc3c3cc(-n4c5ccccc5c5ccc(C(c6ccccc6)(c6ccccc6)c6ccccc6)cc54)ccc32)cc1. The smallest absolute Gasteiger partial charge is 0.0702 e. The number of benzene rings is 9. The average Bonchev–Trinajstić information content (AvgIpc) is 3.80. The van der Waals surface area contributed by atoms with Crippen molar-refractivity contribution in [1.29, 1.82) is 0 Å². The first-order valence-electron chi connectivity index (χ1n) is 19.7. The van der Waals surface area contributed by atoms with Crippen molar-refractivity contribution < 1.29 is 0 Å². The fourth-order valence-electron chi connectivity index (χ4n) is 9.44. The van der Waals surface area contributed by atoms with Gasteiger partial charge < -0.3 is 9.13 Å². The first kappa shape index (κ1) is 33.0. The third-order valence-corrected chi connectivity index (χ3v) is 11.9. The van der Waals surface area contributed by atoms with Crippen LogP contribution < -0.4 is 0 Å². The maximum atomic E-state index is 2.48. The molecule has 0 radical (unpaired) electrons. The van der Waals surface area contributed by atoms with E-state index in [4.69, 9.17) is 0 Å². The summed E-state index contributed by atoms with van der Waals surface area (Å²) < 4.78 is 4.91. The Morgan fingerprint density at radius 2 is 0.754 bits per heavy atom. The van der Waals surface area contributed by atoms with Crippen LogP contribution in [-0.4, -0.2) is 9.13 Å². The van der Waals surface area contributed by atoms with Crippen LogP contribution in [0, 0.1) is 0 Å². The highest BCUT2D eigenvalue weighted by atomic mass is 15.0. The molecule has 0 fully saturated rings. The highest BCUT2D eigenvalue weighted by Gasteiger charge is 2.38. The zero-order valence-electron chi connectivity index (χ0n) is 31.3. The van der Waals surface area contributed by atoms with Gasteiger partial charge in [0.2, 0.25) is 0 Å². The molecule has 0 atom stereocenters. The Bertz CT molecular complexity index is 3110. The molecule has 0 unspecified atom stereocenters. The van der Waals surface area contributed by atoms with Crippen molar-refractivity contribution in [3.63, 3.8) is 0 Å². The van der Waals surface area contributed by atoms with Gasteiger partial charge in [-0.25, -0.2) is 0 Å². The normalized spacial score (nSPS) is 11.9. The summed E-state index contributed by atoms with van der Waals surface area (Å²) in [5.41, 5.74) is 13.8. The molecular weight excluding hydrogens is 689 g/mol. The van der Waals surface area contributed by atoms with Crippen LogP contribution >= 0.6 is 0 Å². The zero-order valence-corrected chi connectivity index (χ0v) is 31.3. The lowest BCUT2D eigenvalue weighted by Gasteiger charge is -2.37. The molecule has 9 aromatic carbocycles. The Kier molecular flexibility index (Phi) is 7.75. The van der Waals surface area contributed by atoms with Gasteiger partial charge in [0.15, 0.2) is 0 Å². The van der Waals surface area contributed by atoms with Crippen LogP contribution in [0.4, 0.5) is 0 Å². The number of aromatic nitrogens is 2.